The van der Waals surface area contributed by atoms with Crippen molar-refractivity contribution in [3.05, 3.63) is 52.8 Å². The molecule has 0 bridgehead atoms. The van der Waals surface area contributed by atoms with Crippen LogP contribution in [0.2, 0.25) is 0 Å². The Morgan fingerprint density at radius 2 is 1.91 bits per heavy atom. The summed E-state index contributed by atoms with van der Waals surface area (Å²) in [6, 6.07) is 4.32. The van der Waals surface area contributed by atoms with E-state index in [1.165, 1.54) is 22.1 Å². The highest BCUT2D eigenvalue weighted by Crippen LogP contribution is 2.31. The molecule has 22 heavy (non-hydrogen) atoms. The molecule has 0 fully saturated rings. The van der Waals surface area contributed by atoms with Crippen LogP contribution in [0.25, 0.3) is 17.0 Å². The summed E-state index contributed by atoms with van der Waals surface area (Å²) in [4.78, 5) is 3.95. The van der Waals surface area contributed by atoms with E-state index < -0.39 is 0 Å². The predicted molar refractivity (Wildman–Crippen MR) is 99.0 cm³/mol. The van der Waals surface area contributed by atoms with Gasteiger partial charge in [-0.05, 0) is 44.9 Å². The van der Waals surface area contributed by atoms with Crippen LogP contribution >= 0.6 is 0 Å². The highest BCUT2D eigenvalue weighted by molar-refractivity contribution is 5.88. The molecule has 0 amide bonds. The normalized spacial score (nSPS) is 11.7. The number of aryl methyl sites for hydroxylation is 2. The molecule has 2 aromatic rings. The van der Waals surface area contributed by atoms with Gasteiger partial charge in [-0.1, -0.05) is 38.1 Å². The summed E-state index contributed by atoms with van der Waals surface area (Å²) < 4.78 is 6.05. The van der Waals surface area contributed by atoms with Crippen LogP contribution in [-0.2, 0) is 6.42 Å². The molecular weight excluding hydrogens is 270 g/mol. The summed E-state index contributed by atoms with van der Waals surface area (Å²) in [5, 5.41) is 1.20. The molecule has 0 saturated heterocycles. The van der Waals surface area contributed by atoms with Gasteiger partial charge in [0.15, 0.2) is 0 Å². The van der Waals surface area contributed by atoms with E-state index in [4.69, 9.17) is 4.42 Å². The number of allylic oxidation sites excluding steroid dienone is 3. The second-order valence-electron chi connectivity index (χ2n) is 4.87. The molecule has 1 heterocycles. The number of aliphatic imine (C=N–C) groups is 1. The third-order valence-corrected chi connectivity index (χ3v) is 3.49. The van der Waals surface area contributed by atoms with E-state index in [0.29, 0.717) is 0 Å². The smallest absolute Gasteiger partial charge is 0.138 e. The molecule has 1 aromatic carbocycles. The van der Waals surface area contributed by atoms with E-state index in [9.17, 15) is 0 Å². The van der Waals surface area contributed by atoms with Gasteiger partial charge >= 0.3 is 0 Å². The Hall–Kier alpha value is -2.09. The molecule has 118 valence electrons. The van der Waals surface area contributed by atoms with E-state index >= 15 is 0 Å². The topological polar surface area (TPSA) is 25.5 Å². The molecule has 0 N–H and O–H groups in total. The second kappa shape index (κ2) is 9.04. The van der Waals surface area contributed by atoms with Crippen LogP contribution in [0.15, 0.2) is 39.8 Å². The van der Waals surface area contributed by atoms with Gasteiger partial charge in [0.2, 0.25) is 0 Å². The van der Waals surface area contributed by atoms with Crippen molar-refractivity contribution in [1.82, 2.24) is 0 Å². The Morgan fingerprint density at radius 3 is 2.55 bits per heavy atom. The van der Waals surface area contributed by atoms with Crippen molar-refractivity contribution >= 4 is 23.3 Å². The minimum Gasteiger partial charge on any atom is -0.456 e. The summed E-state index contributed by atoms with van der Waals surface area (Å²) in [5.74, 6) is 0.952. The minimum atomic E-state index is 0.859. The van der Waals surface area contributed by atoms with Gasteiger partial charge in [-0.3, -0.25) is 4.99 Å². The summed E-state index contributed by atoms with van der Waals surface area (Å²) >= 11 is 0. The van der Waals surface area contributed by atoms with Gasteiger partial charge in [0.1, 0.15) is 11.3 Å². The highest BCUT2D eigenvalue weighted by Gasteiger charge is 2.12. The zero-order valence-corrected chi connectivity index (χ0v) is 14.6. The van der Waals surface area contributed by atoms with Gasteiger partial charge < -0.3 is 4.42 Å². The van der Waals surface area contributed by atoms with Crippen LogP contribution in [0.4, 0.5) is 0 Å². The second-order valence-corrected chi connectivity index (χ2v) is 4.87. The van der Waals surface area contributed by atoms with Crippen LogP contribution in [0, 0.1) is 13.8 Å². The molecule has 0 saturated carbocycles. The first-order chi connectivity index (χ1) is 10.7. The molecule has 1 aromatic heterocycles. The maximum Gasteiger partial charge on any atom is 0.138 e. The van der Waals surface area contributed by atoms with Crippen LogP contribution in [-0.4, -0.2) is 13.3 Å². The molecule has 2 heteroatoms. The number of benzene rings is 1. The van der Waals surface area contributed by atoms with E-state index in [2.05, 4.69) is 37.0 Å². The third kappa shape index (κ3) is 3.97. The first-order valence-electron chi connectivity index (χ1n) is 7.90. The van der Waals surface area contributed by atoms with Crippen molar-refractivity contribution in [1.29, 1.82) is 0 Å². The standard InChI is InChI=1S/C18H21NO.C2H6/c1-5-8-17-14(3)16-11-10-13(2)15(18(16)20-17)9-6-7-12-19-4;1-2/h5-8,10-12H,9H2,1-4H3;1-2H3/b7-6-,8-5-,19-12?;. The average molecular weight is 297 g/mol. The van der Waals surface area contributed by atoms with Gasteiger partial charge in [0.25, 0.3) is 0 Å². The molecule has 2 rings (SSSR count). The number of rotatable bonds is 4. The first-order valence-corrected chi connectivity index (χ1v) is 7.90. The average Bonchev–Trinajstić information content (AvgIpc) is 2.85. The third-order valence-electron chi connectivity index (χ3n) is 3.49. The monoisotopic (exact) mass is 297 g/mol. The van der Waals surface area contributed by atoms with Gasteiger partial charge in [-0.25, -0.2) is 0 Å². The lowest BCUT2D eigenvalue weighted by Gasteiger charge is -2.03. The van der Waals surface area contributed by atoms with E-state index in [1.54, 1.807) is 13.3 Å². The number of nitrogens with zero attached hydrogens (tertiary/aromatic N) is 1. The quantitative estimate of drug-likeness (QED) is 0.644. The van der Waals surface area contributed by atoms with Crippen molar-refractivity contribution < 1.29 is 4.42 Å². The summed E-state index contributed by atoms with van der Waals surface area (Å²) in [7, 11) is 1.77. The Labute approximate surface area is 134 Å². The van der Waals surface area contributed by atoms with Crippen molar-refractivity contribution in [2.24, 2.45) is 4.99 Å². The fourth-order valence-electron chi connectivity index (χ4n) is 2.35. The van der Waals surface area contributed by atoms with Crippen LogP contribution < -0.4 is 0 Å². The molecule has 0 aliphatic heterocycles. The van der Waals surface area contributed by atoms with Crippen LogP contribution in [0.5, 0.6) is 0 Å². The molecule has 0 atom stereocenters. The number of hydrogen-bond donors (Lipinski definition) is 0. The van der Waals surface area contributed by atoms with E-state index in [0.717, 1.165) is 17.8 Å². The SMILES string of the molecule is C/C=C\c1oc2c(C/C=C\C=NC)c(C)ccc2c1C.CC. The molecular formula is C20H27NO. The van der Waals surface area contributed by atoms with Crippen molar-refractivity contribution in [3.8, 4) is 0 Å². The minimum absolute atomic E-state index is 0.859. The Kier molecular flexibility index (Phi) is 7.38. The number of hydrogen-bond acceptors (Lipinski definition) is 2. The van der Waals surface area contributed by atoms with Crippen molar-refractivity contribution in [2.45, 2.75) is 41.0 Å². The maximum absolute atomic E-state index is 6.05. The lowest BCUT2D eigenvalue weighted by molar-refractivity contribution is 0.597. The van der Waals surface area contributed by atoms with Gasteiger partial charge in [-0.15, -0.1) is 0 Å². The summed E-state index contributed by atoms with van der Waals surface area (Å²) in [5.41, 5.74) is 4.73. The summed E-state index contributed by atoms with van der Waals surface area (Å²) in [6.07, 6.45) is 10.8. The largest absolute Gasteiger partial charge is 0.456 e. The fraction of sp³-hybridized carbons (Fsp3) is 0.350. The molecule has 0 aliphatic rings. The molecule has 0 radical (unpaired) electrons. The zero-order valence-electron chi connectivity index (χ0n) is 14.6. The number of furan rings is 1. The van der Waals surface area contributed by atoms with Gasteiger partial charge in [0.05, 0.1) is 0 Å². The lowest BCUT2D eigenvalue weighted by Crippen LogP contribution is -1.88. The maximum atomic E-state index is 6.05. The summed E-state index contributed by atoms with van der Waals surface area (Å²) in [6.45, 7) is 10.2. The van der Waals surface area contributed by atoms with Gasteiger partial charge in [-0.2, -0.15) is 0 Å². The van der Waals surface area contributed by atoms with E-state index in [-0.39, 0.29) is 0 Å². The van der Waals surface area contributed by atoms with Crippen molar-refractivity contribution in [3.63, 3.8) is 0 Å². The molecule has 0 unspecified atom stereocenters. The zero-order chi connectivity index (χ0) is 16.5. The number of fused-ring (bicyclic) bond motifs is 1. The predicted octanol–water partition coefficient (Wildman–Crippen LogP) is 5.91. The fourth-order valence-corrected chi connectivity index (χ4v) is 2.35. The van der Waals surface area contributed by atoms with Gasteiger partial charge in [0, 0.05) is 29.8 Å². The molecule has 0 spiro atoms. The van der Waals surface area contributed by atoms with E-state index in [1.807, 2.05) is 39.0 Å². The van der Waals surface area contributed by atoms with Crippen LogP contribution in [0.3, 0.4) is 0 Å². The van der Waals surface area contributed by atoms with Crippen LogP contribution in [0.1, 0.15) is 43.2 Å². The Morgan fingerprint density at radius 1 is 1.18 bits per heavy atom. The van der Waals surface area contributed by atoms with Crippen molar-refractivity contribution in [2.75, 3.05) is 7.05 Å². The Bertz CT molecular complexity index is 687. The molecule has 0 aliphatic carbocycles. The Balaban J connectivity index is 0.00000116. The lowest BCUT2D eigenvalue weighted by atomic mass is 10.0. The highest BCUT2D eigenvalue weighted by atomic mass is 16.3. The molecule has 2 nitrogen and oxygen atoms in total. The first kappa shape index (κ1) is 18.0.